The van der Waals surface area contributed by atoms with Crippen molar-refractivity contribution in [1.29, 1.82) is 0 Å². The molecule has 1 aliphatic carbocycles. The molecule has 7 aromatic carbocycles. The van der Waals surface area contributed by atoms with Gasteiger partial charge >= 0.3 is 0 Å². The van der Waals surface area contributed by atoms with Crippen molar-refractivity contribution in [1.82, 2.24) is 30.7 Å². The minimum Gasteiger partial charge on any atom is -0.496 e. The van der Waals surface area contributed by atoms with Crippen molar-refractivity contribution in [3.05, 3.63) is 203 Å². The summed E-state index contributed by atoms with van der Waals surface area (Å²) in [6.07, 6.45) is 13.1. The smallest absolute Gasteiger partial charge is 0.251 e. The van der Waals surface area contributed by atoms with Gasteiger partial charge < -0.3 is 35.2 Å². The van der Waals surface area contributed by atoms with Crippen molar-refractivity contribution >= 4 is 17.7 Å². The number of amides is 3. The van der Waals surface area contributed by atoms with Crippen LogP contribution in [0.3, 0.4) is 0 Å². The summed E-state index contributed by atoms with van der Waals surface area (Å²) in [5.74, 6) is 4.24. The number of rotatable bonds is 27. The van der Waals surface area contributed by atoms with Gasteiger partial charge in [0.25, 0.3) is 17.7 Å². The lowest BCUT2D eigenvalue weighted by molar-refractivity contribution is 0.0914. The number of nitrogens with zero attached hydrogens (tertiary/aromatic N) is 3. The van der Waals surface area contributed by atoms with Gasteiger partial charge in [0.05, 0.1) is 19.8 Å². The highest BCUT2D eigenvalue weighted by Crippen LogP contribution is 2.37. The fourth-order valence-electron chi connectivity index (χ4n) is 13.3. The lowest BCUT2D eigenvalue weighted by Crippen LogP contribution is -2.43. The third-order valence-corrected chi connectivity index (χ3v) is 17.6. The third-order valence-electron chi connectivity index (χ3n) is 17.6. The molecule has 0 unspecified atom stereocenters. The highest BCUT2D eigenvalue weighted by molar-refractivity contribution is 5.97. The molecule has 11 nitrogen and oxygen atoms in total. The first-order valence-electron chi connectivity index (χ1n) is 34.6. The van der Waals surface area contributed by atoms with Gasteiger partial charge in [0.1, 0.15) is 11.5 Å². The summed E-state index contributed by atoms with van der Waals surface area (Å²) in [7, 11) is 9.92. The van der Waals surface area contributed by atoms with E-state index in [1.54, 1.807) is 7.11 Å². The molecule has 3 atom stereocenters. The number of likely N-dealkylation sites (N-methyl/N-ethyl adjacent to an activating group) is 3. The Bertz CT molecular complexity index is 3420. The molecule has 1 heterocycles. The second kappa shape index (κ2) is 37.4. The molecule has 1 saturated carbocycles. The van der Waals surface area contributed by atoms with Crippen molar-refractivity contribution < 1.29 is 23.9 Å². The van der Waals surface area contributed by atoms with Gasteiger partial charge in [-0.2, -0.15) is 0 Å². The Morgan fingerprint density at radius 2 is 1.04 bits per heavy atom. The van der Waals surface area contributed by atoms with Crippen LogP contribution in [0.25, 0.3) is 33.4 Å². The van der Waals surface area contributed by atoms with Crippen molar-refractivity contribution in [3.63, 3.8) is 0 Å². The van der Waals surface area contributed by atoms with Crippen LogP contribution in [-0.4, -0.2) is 119 Å². The largest absolute Gasteiger partial charge is 0.496 e. The molecule has 3 amide bonds. The van der Waals surface area contributed by atoms with Gasteiger partial charge in [0, 0.05) is 59.5 Å². The van der Waals surface area contributed by atoms with E-state index in [1.165, 1.54) is 60.8 Å². The molecular weight excluding hydrogens is 1150 g/mol. The first kappa shape index (κ1) is 72.8. The maximum Gasteiger partial charge on any atom is 0.251 e. The maximum absolute atomic E-state index is 13.2. The first-order chi connectivity index (χ1) is 44.8. The fraction of sp³-hybridized carbons (Fsp3) is 0.451. The number of para-hydroxylation sites is 2. The molecular formula is C82H110N6O5. The number of carbonyl (C=O) groups excluding carboxylic acids is 3. The summed E-state index contributed by atoms with van der Waals surface area (Å²) < 4.78 is 11.8. The molecule has 0 aromatic heterocycles. The molecule has 93 heavy (non-hydrogen) atoms. The number of hydrogen-bond donors (Lipinski definition) is 3. The van der Waals surface area contributed by atoms with Crippen molar-refractivity contribution in [2.45, 2.75) is 144 Å². The molecule has 0 radical (unpaired) electrons. The average Bonchev–Trinajstić information content (AvgIpc) is 1.33. The minimum absolute atomic E-state index is 0.00361. The lowest BCUT2D eigenvalue weighted by Gasteiger charge is -2.29. The van der Waals surface area contributed by atoms with E-state index in [-0.39, 0.29) is 29.8 Å². The minimum atomic E-state index is -0.0914. The number of likely N-dealkylation sites (tertiary alicyclic amines) is 1. The standard InChI is InChI=1S/C28H34N2O2.C28H40N2O.C26H36N2O2/c1-20(2)17-23-14-10-16-25(27(23)32-5)22-13-9-15-24(18-22)28(31)29-26(19-30(3)4)21-11-7-6-8-12-21;1-21(2)16-23-12-8-13-24(17-23)25-14-9-15-26(19-25)28(31)29-27(20-30(3)4)18-22-10-6-5-7-11-22;1-5-28-15-9-13-23(28)18-27-26(29)22-12-7-10-20(17-22)24-14-8-11-21(16-19(3)4)25(24)30-6-2/h6-16,18,20,26H,17,19H2,1-5H3,(H,29,31);8-9,12-15,17,19,21-22,27H,5-7,10-11,16,18,20H2,1-4H3,(H,29,31);7-8,10-12,14,17,19,23H,5-6,9,13,15-16,18H2,1-4H3,(H,27,29)/t26-;27-;23-/m110/s1. The molecule has 3 N–H and O–H groups in total. The first-order valence-corrected chi connectivity index (χ1v) is 34.6. The van der Waals surface area contributed by atoms with Gasteiger partial charge in [0.15, 0.2) is 0 Å². The van der Waals surface area contributed by atoms with E-state index in [2.05, 4.69) is 178 Å². The summed E-state index contributed by atoms with van der Waals surface area (Å²) in [5, 5.41) is 9.71. The Kier molecular flexibility index (Phi) is 29.3. The van der Waals surface area contributed by atoms with Gasteiger partial charge in [-0.3, -0.25) is 19.3 Å². The highest BCUT2D eigenvalue weighted by Gasteiger charge is 2.26. The zero-order chi connectivity index (χ0) is 66.8. The molecule has 7 aromatic rings. The molecule has 2 fully saturated rings. The zero-order valence-electron chi connectivity index (χ0n) is 58.5. The number of hydrogen-bond acceptors (Lipinski definition) is 8. The van der Waals surface area contributed by atoms with Gasteiger partial charge in [-0.05, 0) is 191 Å². The normalized spacial score (nSPS) is 14.9. The number of ether oxygens (including phenoxy) is 2. The van der Waals surface area contributed by atoms with Crippen LogP contribution in [0.5, 0.6) is 11.5 Å². The van der Waals surface area contributed by atoms with Crippen molar-refractivity contribution in [2.24, 2.45) is 23.7 Å². The van der Waals surface area contributed by atoms with E-state index >= 15 is 0 Å². The van der Waals surface area contributed by atoms with Gasteiger partial charge in [-0.25, -0.2) is 0 Å². The van der Waals surface area contributed by atoms with Crippen LogP contribution in [0.4, 0.5) is 0 Å². The average molecular weight is 1260 g/mol. The van der Waals surface area contributed by atoms with E-state index in [1.807, 2.05) is 99.9 Å². The fourth-order valence-corrected chi connectivity index (χ4v) is 13.3. The predicted octanol–water partition coefficient (Wildman–Crippen LogP) is 16.9. The topological polar surface area (TPSA) is 115 Å². The number of carbonyl (C=O) groups is 3. The predicted molar refractivity (Wildman–Crippen MR) is 388 cm³/mol. The highest BCUT2D eigenvalue weighted by atomic mass is 16.5. The SMILES string of the molecule is CC(C)Cc1cccc(-c2cccc(C(=O)N[C@H](CC3CCCCC3)CN(C)C)c2)c1.CCOc1c(CC(C)C)cccc1-c1cccc(C(=O)NC[C@@H]2CCCN2CC)c1.COc1c(CC(C)C)cccc1-c1cccc(C(=O)N[C@H](CN(C)C)c2ccccc2)c1. The molecule has 9 rings (SSSR count). The van der Waals surface area contributed by atoms with Crippen LogP contribution in [0.1, 0.15) is 166 Å². The van der Waals surface area contributed by atoms with E-state index in [4.69, 9.17) is 9.47 Å². The number of nitrogens with one attached hydrogen (secondary N) is 3. The Hall–Kier alpha value is -7.57. The van der Waals surface area contributed by atoms with Gasteiger partial charge in [0.2, 0.25) is 0 Å². The van der Waals surface area contributed by atoms with E-state index < -0.39 is 0 Å². The van der Waals surface area contributed by atoms with Crippen molar-refractivity contribution in [2.75, 3.05) is 74.6 Å². The summed E-state index contributed by atoms with van der Waals surface area (Å²) in [4.78, 5) is 45.9. The molecule has 0 bridgehead atoms. The lowest BCUT2D eigenvalue weighted by atomic mass is 9.84. The van der Waals surface area contributed by atoms with E-state index in [0.717, 1.165) is 115 Å². The third kappa shape index (κ3) is 22.9. The zero-order valence-corrected chi connectivity index (χ0v) is 58.5. The van der Waals surface area contributed by atoms with E-state index in [0.29, 0.717) is 48.1 Å². The van der Waals surface area contributed by atoms with Crippen LogP contribution in [-0.2, 0) is 19.3 Å². The molecule has 1 aliphatic heterocycles. The molecule has 0 spiro atoms. The number of methoxy groups -OCH3 is 1. The molecule has 498 valence electrons. The molecule has 11 heteroatoms. The number of benzene rings is 7. The monoisotopic (exact) mass is 1260 g/mol. The van der Waals surface area contributed by atoms with Crippen LogP contribution in [0.15, 0.2) is 164 Å². The van der Waals surface area contributed by atoms with Crippen LogP contribution in [0.2, 0.25) is 0 Å². The molecule has 1 saturated heterocycles. The van der Waals surface area contributed by atoms with Crippen molar-refractivity contribution in [3.8, 4) is 44.9 Å². The van der Waals surface area contributed by atoms with Gasteiger partial charge in [-0.1, -0.05) is 208 Å². The van der Waals surface area contributed by atoms with Gasteiger partial charge in [-0.15, -0.1) is 0 Å². The Balaban J connectivity index is 0.000000198. The maximum atomic E-state index is 13.2. The summed E-state index contributed by atoms with van der Waals surface area (Å²) in [6.45, 7) is 22.7. The quantitative estimate of drug-likeness (QED) is 0.0466. The summed E-state index contributed by atoms with van der Waals surface area (Å²) >= 11 is 0. The summed E-state index contributed by atoms with van der Waals surface area (Å²) in [6, 6.07) is 55.7. The van der Waals surface area contributed by atoms with Crippen LogP contribution in [0, 0.1) is 23.7 Å². The second-order valence-electron chi connectivity index (χ2n) is 27.5. The van der Waals surface area contributed by atoms with Crippen LogP contribution < -0.4 is 25.4 Å². The Morgan fingerprint density at radius 3 is 1.60 bits per heavy atom. The van der Waals surface area contributed by atoms with Crippen LogP contribution >= 0.6 is 0 Å². The second-order valence-corrected chi connectivity index (χ2v) is 27.5. The Morgan fingerprint density at radius 1 is 0.527 bits per heavy atom. The molecule has 2 aliphatic rings. The van der Waals surface area contributed by atoms with E-state index in [9.17, 15) is 14.4 Å². The summed E-state index contributed by atoms with van der Waals surface area (Å²) in [5.41, 5.74) is 13.3. The Labute approximate surface area is 559 Å².